The average Bonchev–Trinajstić information content (AvgIpc) is 2.85. The molecule has 1 aromatic carbocycles. The Bertz CT molecular complexity index is 778. The number of halogens is 2. The second-order valence-corrected chi connectivity index (χ2v) is 8.31. The zero-order valence-corrected chi connectivity index (χ0v) is 14.8. The van der Waals surface area contributed by atoms with E-state index in [9.17, 15) is 22.0 Å². The average molecular weight is 374 g/mol. The van der Waals surface area contributed by atoms with Crippen LogP contribution in [-0.4, -0.2) is 38.2 Å². The molecule has 1 aliphatic heterocycles. The van der Waals surface area contributed by atoms with E-state index < -0.39 is 22.4 Å². The Balaban J connectivity index is 2.03. The van der Waals surface area contributed by atoms with Gasteiger partial charge in [-0.1, -0.05) is 11.6 Å². The largest absolute Gasteiger partial charge is 0.434 e. The lowest BCUT2D eigenvalue weighted by molar-refractivity contribution is -0.121. The van der Waals surface area contributed by atoms with E-state index in [1.54, 1.807) is 26.0 Å². The lowest BCUT2D eigenvalue weighted by Crippen LogP contribution is -2.23. The van der Waals surface area contributed by atoms with Gasteiger partial charge in [-0.2, -0.15) is 13.9 Å². The minimum atomic E-state index is -3.04. The topological polar surface area (TPSA) is 84.8 Å². The Morgan fingerprint density at radius 2 is 2.16 bits per heavy atom. The van der Waals surface area contributed by atoms with E-state index in [1.807, 2.05) is 0 Å². The molecule has 0 radical (unpaired) electrons. The fourth-order valence-electron chi connectivity index (χ4n) is 2.67. The van der Waals surface area contributed by atoms with Gasteiger partial charge in [0.2, 0.25) is 5.91 Å². The van der Waals surface area contributed by atoms with Crippen LogP contribution in [0, 0.1) is 12.8 Å². The Hall–Kier alpha value is -2.03. The van der Waals surface area contributed by atoms with E-state index in [4.69, 9.17) is 0 Å². The summed E-state index contributed by atoms with van der Waals surface area (Å²) in [6.45, 7) is 0.392. The summed E-state index contributed by atoms with van der Waals surface area (Å²) >= 11 is 0. The number of rotatable bonds is 6. The number of benzene rings is 1. The second-order valence-electron chi connectivity index (χ2n) is 6.08. The highest BCUT2D eigenvalue weighted by Crippen LogP contribution is 2.23. The summed E-state index contributed by atoms with van der Waals surface area (Å²) in [6.07, 6.45) is 0.521. The van der Waals surface area contributed by atoms with Crippen LogP contribution < -0.4 is 10.2 Å². The monoisotopic (exact) mass is 374 g/mol. The molecule has 1 aliphatic rings. The van der Waals surface area contributed by atoms with E-state index in [0.29, 0.717) is 17.7 Å². The molecule has 1 saturated heterocycles. The van der Waals surface area contributed by atoms with Gasteiger partial charge in [0.25, 0.3) is 0 Å². The Morgan fingerprint density at radius 1 is 1.44 bits per heavy atom. The number of hydrogen-bond donors (Lipinski definition) is 1. The smallest absolute Gasteiger partial charge is 0.387 e. The quantitative estimate of drug-likeness (QED) is 0.611. The maximum Gasteiger partial charge on any atom is 0.387 e. The van der Waals surface area contributed by atoms with Crippen molar-refractivity contribution in [2.24, 2.45) is 11.0 Å². The van der Waals surface area contributed by atoms with Crippen molar-refractivity contribution in [3.05, 3.63) is 29.3 Å². The van der Waals surface area contributed by atoms with Crippen LogP contribution in [0.5, 0.6) is 5.75 Å². The second kappa shape index (κ2) is 7.90. The fourth-order valence-corrected chi connectivity index (χ4v) is 4.53. The Morgan fingerprint density at radius 3 is 2.76 bits per heavy atom. The summed E-state index contributed by atoms with van der Waals surface area (Å²) in [4.78, 5) is 11.9. The van der Waals surface area contributed by atoms with Crippen LogP contribution >= 0.6 is 0 Å². The molecule has 25 heavy (non-hydrogen) atoms. The van der Waals surface area contributed by atoms with Crippen molar-refractivity contribution in [3.63, 3.8) is 0 Å². The van der Waals surface area contributed by atoms with Crippen molar-refractivity contribution in [2.75, 3.05) is 11.5 Å². The van der Waals surface area contributed by atoms with E-state index in [0.717, 1.165) is 5.56 Å². The molecule has 0 aromatic heterocycles. The summed E-state index contributed by atoms with van der Waals surface area (Å²) in [5.74, 6) is -0.543. The number of nitrogens with one attached hydrogen (secondary N) is 1. The normalized spacial score (nSPS) is 19.9. The molecule has 0 saturated carbocycles. The van der Waals surface area contributed by atoms with Crippen molar-refractivity contribution in [3.8, 4) is 5.75 Å². The molecule has 0 spiro atoms. The van der Waals surface area contributed by atoms with Crippen molar-refractivity contribution >= 4 is 21.5 Å². The van der Waals surface area contributed by atoms with E-state index >= 15 is 0 Å². The van der Waals surface area contributed by atoms with Gasteiger partial charge in [0.15, 0.2) is 9.84 Å². The van der Waals surface area contributed by atoms with Crippen LogP contribution in [-0.2, 0) is 14.6 Å². The number of hydrogen-bond acceptors (Lipinski definition) is 5. The third-order valence-electron chi connectivity index (χ3n) is 3.89. The minimum Gasteiger partial charge on any atom is -0.434 e. The maximum atomic E-state index is 12.5. The standard InChI is InChI=1S/C16H20F2N2O4S/c1-10-3-4-14(24-16(17)18)13(7-10)11(2)19-20-15(21)8-12-5-6-25(22,23)9-12/h3-4,7,12,16H,5-6,8-9H2,1-2H3,(H,20,21)/b19-11-/t12-/m0/s1. The number of nitrogens with zero attached hydrogens (tertiary/aromatic N) is 1. The third kappa shape index (κ3) is 5.77. The summed E-state index contributed by atoms with van der Waals surface area (Å²) < 4.78 is 52.2. The van der Waals surface area contributed by atoms with Gasteiger partial charge >= 0.3 is 6.61 Å². The van der Waals surface area contributed by atoms with Gasteiger partial charge in [-0.3, -0.25) is 4.79 Å². The van der Waals surface area contributed by atoms with Crippen LogP contribution in [0.1, 0.15) is 30.9 Å². The molecule has 0 aliphatic carbocycles. The first-order chi connectivity index (χ1) is 11.7. The number of sulfone groups is 1. The number of ether oxygens (including phenoxy) is 1. The van der Waals surface area contributed by atoms with Gasteiger partial charge in [0, 0.05) is 12.0 Å². The van der Waals surface area contributed by atoms with Gasteiger partial charge in [0.1, 0.15) is 5.75 Å². The predicted molar refractivity (Wildman–Crippen MR) is 89.5 cm³/mol. The molecule has 1 fully saturated rings. The molecular weight excluding hydrogens is 354 g/mol. The van der Waals surface area contributed by atoms with Crippen molar-refractivity contribution < 1.29 is 26.7 Å². The zero-order chi connectivity index (χ0) is 18.6. The molecule has 1 atom stereocenters. The van der Waals surface area contributed by atoms with Crippen LogP contribution in [0.4, 0.5) is 8.78 Å². The summed E-state index contributed by atoms with van der Waals surface area (Å²) in [5, 5.41) is 3.92. The summed E-state index contributed by atoms with van der Waals surface area (Å²) in [5.41, 5.74) is 3.84. The first-order valence-electron chi connectivity index (χ1n) is 7.75. The molecular formula is C16H20F2N2O4S. The molecule has 6 nitrogen and oxygen atoms in total. The van der Waals surface area contributed by atoms with Crippen LogP contribution in [0.15, 0.2) is 23.3 Å². The highest BCUT2D eigenvalue weighted by Gasteiger charge is 2.29. The van der Waals surface area contributed by atoms with Gasteiger partial charge in [-0.05, 0) is 38.3 Å². The first-order valence-corrected chi connectivity index (χ1v) is 9.58. The molecule has 1 N–H and O–H groups in total. The molecule has 9 heteroatoms. The number of carbonyl (C=O) groups is 1. The fraction of sp³-hybridized carbons (Fsp3) is 0.500. The molecule has 1 heterocycles. The molecule has 1 amide bonds. The molecule has 1 aromatic rings. The van der Waals surface area contributed by atoms with Crippen LogP contribution in [0.25, 0.3) is 0 Å². The molecule has 0 unspecified atom stereocenters. The van der Waals surface area contributed by atoms with Gasteiger partial charge in [-0.15, -0.1) is 0 Å². The number of hydrazone groups is 1. The lowest BCUT2D eigenvalue weighted by Gasteiger charge is -2.12. The molecule has 2 rings (SSSR count). The number of aryl methyl sites for hydroxylation is 1. The SMILES string of the molecule is C/C(=N/NC(=O)C[C@@H]1CCS(=O)(=O)C1)c1cc(C)ccc1OC(F)F. The molecule has 138 valence electrons. The Labute approximate surface area is 145 Å². The zero-order valence-electron chi connectivity index (χ0n) is 14.0. The number of carbonyl (C=O) groups excluding carboxylic acids is 1. The predicted octanol–water partition coefficient (Wildman–Crippen LogP) is 2.26. The van der Waals surface area contributed by atoms with Gasteiger partial charge in [-0.25, -0.2) is 13.8 Å². The van der Waals surface area contributed by atoms with E-state index in [-0.39, 0.29) is 29.6 Å². The molecule has 0 bridgehead atoms. The van der Waals surface area contributed by atoms with Gasteiger partial charge < -0.3 is 4.74 Å². The van der Waals surface area contributed by atoms with Crippen LogP contribution in [0.2, 0.25) is 0 Å². The summed E-state index contributed by atoms with van der Waals surface area (Å²) in [7, 11) is -3.04. The highest BCUT2D eigenvalue weighted by molar-refractivity contribution is 7.91. The van der Waals surface area contributed by atoms with Gasteiger partial charge in [0.05, 0.1) is 17.2 Å². The lowest BCUT2D eigenvalue weighted by atomic mass is 10.1. The minimum absolute atomic E-state index is 0.00731. The highest BCUT2D eigenvalue weighted by atomic mass is 32.2. The number of alkyl halides is 2. The van der Waals surface area contributed by atoms with Crippen molar-refractivity contribution in [2.45, 2.75) is 33.3 Å². The third-order valence-corrected chi connectivity index (χ3v) is 5.73. The van der Waals surface area contributed by atoms with Crippen molar-refractivity contribution in [1.82, 2.24) is 5.43 Å². The Kier molecular flexibility index (Phi) is 6.10. The van der Waals surface area contributed by atoms with Crippen LogP contribution in [0.3, 0.4) is 0 Å². The summed E-state index contributed by atoms with van der Waals surface area (Å²) in [6, 6.07) is 4.68. The van der Waals surface area contributed by atoms with Crippen molar-refractivity contribution in [1.29, 1.82) is 0 Å². The maximum absolute atomic E-state index is 12.5. The van der Waals surface area contributed by atoms with E-state index in [1.165, 1.54) is 6.07 Å². The first kappa shape index (κ1) is 19.3. The number of amides is 1. The van der Waals surface area contributed by atoms with E-state index in [2.05, 4.69) is 15.3 Å².